The van der Waals surface area contributed by atoms with Crippen LogP contribution in [-0.2, 0) is 6.18 Å². The third-order valence-electron chi connectivity index (χ3n) is 5.01. The summed E-state index contributed by atoms with van der Waals surface area (Å²) in [5.41, 5.74) is -0.662. The summed E-state index contributed by atoms with van der Waals surface area (Å²) in [5, 5.41) is -0.234. The number of fused-ring (bicyclic) bond motifs is 4. The molecule has 0 atom stereocenters. The van der Waals surface area contributed by atoms with Crippen LogP contribution in [0.5, 0.6) is 0 Å². The molecule has 8 heteroatoms. The van der Waals surface area contributed by atoms with Gasteiger partial charge < -0.3 is 4.57 Å². The molecule has 3 heterocycles. The molecule has 0 unspecified atom stereocenters. The Bertz CT molecular complexity index is 1380. The standard InChI is InChI=1S/C21H10F4N2O2/c22-12-4-6-13(7-5-12)27-15-8-3-11(21(23,24)25)10-14(15)19(28)17-18(27)16-2-1-9-26(16)20(17)29/h1-10H. The number of alkyl halides is 3. The van der Waals surface area contributed by atoms with Gasteiger partial charge in [-0.3, -0.25) is 14.2 Å². The summed E-state index contributed by atoms with van der Waals surface area (Å²) in [5.74, 6) is -1.10. The zero-order valence-corrected chi connectivity index (χ0v) is 14.5. The van der Waals surface area contributed by atoms with E-state index in [0.29, 0.717) is 11.4 Å². The average Bonchev–Trinajstić information content (AvgIpc) is 3.26. The fraction of sp³-hybridized carbons (Fsp3) is 0.0476. The number of nitrogens with zero attached hydrogens (tertiary/aromatic N) is 2. The van der Waals surface area contributed by atoms with Gasteiger partial charge in [-0.25, -0.2) is 4.39 Å². The molecule has 0 bridgehead atoms. The van der Waals surface area contributed by atoms with E-state index in [1.54, 1.807) is 12.1 Å². The number of pyridine rings is 1. The second-order valence-electron chi connectivity index (χ2n) is 6.66. The van der Waals surface area contributed by atoms with Crippen LogP contribution in [0.4, 0.5) is 17.6 Å². The lowest BCUT2D eigenvalue weighted by molar-refractivity contribution is -0.137. The van der Waals surface area contributed by atoms with Gasteiger partial charge in [0.15, 0.2) is 0 Å². The van der Waals surface area contributed by atoms with E-state index < -0.39 is 28.9 Å². The van der Waals surface area contributed by atoms with Gasteiger partial charge in [-0.2, -0.15) is 13.2 Å². The predicted octanol–water partition coefficient (Wildman–Crippen LogP) is 4.62. The molecule has 0 N–H and O–H groups in total. The van der Waals surface area contributed by atoms with E-state index in [1.807, 2.05) is 0 Å². The third-order valence-corrected chi connectivity index (χ3v) is 5.01. The van der Waals surface area contributed by atoms with Crippen molar-refractivity contribution >= 4 is 16.8 Å². The lowest BCUT2D eigenvalue weighted by Crippen LogP contribution is -2.20. The Labute approximate surface area is 160 Å². The van der Waals surface area contributed by atoms with Crippen molar-refractivity contribution in [2.24, 2.45) is 0 Å². The number of rotatable bonds is 1. The fourth-order valence-corrected chi connectivity index (χ4v) is 3.73. The van der Waals surface area contributed by atoms with E-state index in [-0.39, 0.29) is 22.2 Å². The summed E-state index contributed by atoms with van der Waals surface area (Å²) in [6, 6.07) is 11.4. The zero-order chi connectivity index (χ0) is 20.5. The van der Waals surface area contributed by atoms with E-state index in [1.165, 1.54) is 45.7 Å². The number of carbonyl (C=O) groups is 1. The SMILES string of the molecule is O=C1c2c(n(-c3ccc(F)cc3)c3ccc(C(F)(F)F)cc3c2=O)-c2cccn21. The molecule has 2 aromatic heterocycles. The molecule has 0 saturated carbocycles. The van der Waals surface area contributed by atoms with Crippen molar-refractivity contribution in [3.63, 3.8) is 0 Å². The molecule has 0 radical (unpaired) electrons. The second-order valence-corrected chi connectivity index (χ2v) is 6.66. The number of hydrogen-bond acceptors (Lipinski definition) is 2. The van der Waals surface area contributed by atoms with Crippen molar-refractivity contribution in [3.8, 4) is 17.1 Å². The molecule has 29 heavy (non-hydrogen) atoms. The maximum Gasteiger partial charge on any atom is 0.416 e. The molecule has 5 rings (SSSR count). The molecule has 0 spiro atoms. The van der Waals surface area contributed by atoms with Crippen LogP contribution in [0.15, 0.2) is 65.6 Å². The summed E-state index contributed by atoms with van der Waals surface area (Å²) in [4.78, 5) is 25.8. The van der Waals surface area contributed by atoms with Gasteiger partial charge in [0.25, 0.3) is 5.91 Å². The summed E-state index contributed by atoms with van der Waals surface area (Å²) in [7, 11) is 0. The van der Waals surface area contributed by atoms with Gasteiger partial charge in [0.2, 0.25) is 5.43 Å². The molecule has 0 amide bonds. The van der Waals surface area contributed by atoms with Crippen LogP contribution in [0.3, 0.4) is 0 Å². The first-order chi connectivity index (χ1) is 13.8. The van der Waals surface area contributed by atoms with Crippen molar-refractivity contribution in [2.75, 3.05) is 0 Å². The monoisotopic (exact) mass is 398 g/mol. The van der Waals surface area contributed by atoms with Gasteiger partial charge in [-0.1, -0.05) is 0 Å². The topological polar surface area (TPSA) is 44.0 Å². The minimum atomic E-state index is -4.64. The molecule has 0 aliphatic carbocycles. The van der Waals surface area contributed by atoms with Crippen LogP contribution in [0, 0.1) is 5.82 Å². The Morgan fingerprint density at radius 3 is 2.31 bits per heavy atom. The lowest BCUT2D eigenvalue weighted by atomic mass is 10.0. The minimum absolute atomic E-state index is 0.191. The molecular weight excluding hydrogens is 388 g/mol. The Balaban J connectivity index is 1.97. The highest BCUT2D eigenvalue weighted by atomic mass is 19.4. The predicted molar refractivity (Wildman–Crippen MR) is 97.7 cm³/mol. The van der Waals surface area contributed by atoms with Gasteiger partial charge in [0.05, 0.1) is 22.5 Å². The molecular formula is C21H10F4N2O2. The highest BCUT2D eigenvalue weighted by molar-refractivity contribution is 6.11. The summed E-state index contributed by atoms with van der Waals surface area (Å²) in [6.07, 6.45) is -3.16. The number of hydrogen-bond donors (Lipinski definition) is 0. The highest BCUT2D eigenvalue weighted by Crippen LogP contribution is 2.37. The molecule has 0 saturated heterocycles. The Kier molecular flexibility index (Phi) is 3.40. The maximum atomic E-state index is 13.4. The molecule has 4 aromatic rings. The Morgan fingerprint density at radius 2 is 1.62 bits per heavy atom. The number of carbonyl (C=O) groups excluding carboxylic acids is 1. The highest BCUT2D eigenvalue weighted by Gasteiger charge is 2.35. The first kappa shape index (κ1) is 17.4. The second kappa shape index (κ2) is 5.66. The van der Waals surface area contributed by atoms with E-state index in [2.05, 4.69) is 0 Å². The molecule has 4 nitrogen and oxygen atoms in total. The smallest absolute Gasteiger partial charge is 0.307 e. The van der Waals surface area contributed by atoms with Crippen molar-refractivity contribution in [3.05, 3.63) is 88.0 Å². The van der Waals surface area contributed by atoms with Crippen LogP contribution in [0.25, 0.3) is 28.0 Å². The lowest BCUT2D eigenvalue weighted by Gasteiger charge is -2.17. The van der Waals surface area contributed by atoms with Crippen LogP contribution < -0.4 is 5.43 Å². The molecule has 0 fully saturated rings. The summed E-state index contributed by atoms with van der Waals surface area (Å²) in [6.45, 7) is 0. The van der Waals surface area contributed by atoms with Crippen molar-refractivity contribution in [2.45, 2.75) is 6.18 Å². The van der Waals surface area contributed by atoms with Crippen LogP contribution in [-0.4, -0.2) is 15.0 Å². The molecule has 144 valence electrons. The molecule has 1 aliphatic heterocycles. The number of benzene rings is 2. The first-order valence-electron chi connectivity index (χ1n) is 8.56. The Morgan fingerprint density at radius 1 is 0.897 bits per heavy atom. The maximum absolute atomic E-state index is 13.4. The number of halogens is 4. The first-order valence-corrected chi connectivity index (χ1v) is 8.56. The zero-order valence-electron chi connectivity index (χ0n) is 14.5. The van der Waals surface area contributed by atoms with Crippen LogP contribution >= 0.6 is 0 Å². The van der Waals surface area contributed by atoms with Gasteiger partial charge in [0, 0.05) is 17.3 Å². The third kappa shape index (κ3) is 2.38. The van der Waals surface area contributed by atoms with E-state index in [4.69, 9.17) is 0 Å². The molecule has 2 aromatic carbocycles. The Hall–Kier alpha value is -3.68. The van der Waals surface area contributed by atoms with Gasteiger partial charge in [-0.15, -0.1) is 0 Å². The van der Waals surface area contributed by atoms with Crippen molar-refractivity contribution in [1.29, 1.82) is 0 Å². The van der Waals surface area contributed by atoms with Crippen molar-refractivity contribution < 1.29 is 22.4 Å². The number of aromatic nitrogens is 2. The normalized spacial score (nSPS) is 13.0. The minimum Gasteiger partial charge on any atom is -0.307 e. The van der Waals surface area contributed by atoms with Crippen molar-refractivity contribution in [1.82, 2.24) is 9.13 Å². The van der Waals surface area contributed by atoms with Crippen LogP contribution in [0.2, 0.25) is 0 Å². The average molecular weight is 398 g/mol. The largest absolute Gasteiger partial charge is 0.416 e. The summed E-state index contributed by atoms with van der Waals surface area (Å²) >= 11 is 0. The van der Waals surface area contributed by atoms with Gasteiger partial charge >= 0.3 is 6.18 Å². The quantitative estimate of drug-likeness (QED) is 0.387. The van der Waals surface area contributed by atoms with Crippen LogP contribution in [0.1, 0.15) is 15.9 Å². The van der Waals surface area contributed by atoms with E-state index in [0.717, 1.165) is 12.1 Å². The molecule has 1 aliphatic rings. The van der Waals surface area contributed by atoms with Gasteiger partial charge in [0.1, 0.15) is 11.4 Å². The summed E-state index contributed by atoms with van der Waals surface area (Å²) < 4.78 is 55.9. The van der Waals surface area contributed by atoms with Gasteiger partial charge in [-0.05, 0) is 54.6 Å². The van der Waals surface area contributed by atoms with E-state index >= 15 is 0 Å². The fourth-order valence-electron chi connectivity index (χ4n) is 3.73. The van der Waals surface area contributed by atoms with E-state index in [9.17, 15) is 27.2 Å².